The molecule has 0 radical (unpaired) electrons. The highest BCUT2D eigenvalue weighted by atomic mass is 127. The Labute approximate surface area is 168 Å². The van der Waals surface area contributed by atoms with Gasteiger partial charge in [0.2, 0.25) is 0 Å². The second kappa shape index (κ2) is 7.69. The Morgan fingerprint density at radius 3 is 2.96 bits per heavy atom. The molecule has 0 bridgehead atoms. The summed E-state index contributed by atoms with van der Waals surface area (Å²) in [5.74, 6) is 0. The largest absolute Gasteiger partial charge is 0.437 e. The summed E-state index contributed by atoms with van der Waals surface area (Å²) in [5.41, 5.74) is -0.945. The minimum atomic E-state index is -1.47. The van der Waals surface area contributed by atoms with Crippen molar-refractivity contribution in [3.05, 3.63) is 21.2 Å². The molecule has 4 atom stereocenters. The Kier molecular flexibility index (Phi) is 5.16. The standard InChI is InChI=1S/C14H19B2ClIN3O4/c1-14(22)10(25-16-3)8(5-23-15-2)24-13(14)21-4-7(18)9-11(17)19-6-20-12(9)21/h4,6,8,10,13,15-16,22H,5H2,1-3H3/t8-,10-,13-,14?/m1/s1/i15D,16D. The second-order valence-electron chi connectivity index (χ2n) is 5.86. The summed E-state index contributed by atoms with van der Waals surface area (Å²) in [6.45, 7) is 4.81. The number of aromatic nitrogens is 3. The third kappa shape index (κ3) is 3.44. The highest BCUT2D eigenvalue weighted by Gasteiger charge is 2.54. The van der Waals surface area contributed by atoms with Gasteiger partial charge in [-0.25, -0.2) is 9.97 Å². The lowest BCUT2D eigenvalue weighted by molar-refractivity contribution is -0.0916. The molecule has 11 heteroatoms. The molecule has 0 spiro atoms. The highest BCUT2D eigenvalue weighted by Crippen LogP contribution is 2.42. The van der Waals surface area contributed by atoms with Crippen LogP contribution >= 0.6 is 34.2 Å². The van der Waals surface area contributed by atoms with Crippen LogP contribution in [0.5, 0.6) is 0 Å². The molecule has 0 aromatic carbocycles. The highest BCUT2D eigenvalue weighted by molar-refractivity contribution is 14.1. The lowest BCUT2D eigenvalue weighted by Gasteiger charge is -2.30. The number of hydrogen-bond acceptors (Lipinski definition) is 6. The fourth-order valence-corrected chi connectivity index (χ4v) is 4.30. The maximum absolute atomic E-state index is 11.3. The maximum atomic E-state index is 11.3. The van der Waals surface area contributed by atoms with Crippen molar-refractivity contribution in [2.45, 2.75) is 44.6 Å². The van der Waals surface area contributed by atoms with Gasteiger partial charge in [0, 0.05) is 12.4 Å². The summed E-state index contributed by atoms with van der Waals surface area (Å²) >= 11 is 8.33. The molecule has 25 heavy (non-hydrogen) atoms. The summed E-state index contributed by atoms with van der Waals surface area (Å²) in [6.07, 6.45) is 0.818. The van der Waals surface area contributed by atoms with Crippen molar-refractivity contribution in [3.63, 3.8) is 0 Å². The topological polar surface area (TPSA) is 78.6 Å². The summed E-state index contributed by atoms with van der Waals surface area (Å²) in [4.78, 5) is 8.30. The SMILES string of the molecule is [2H]B(C)OC[C@H]1O[C@@H](n2cc(I)c3c(Cl)ncnc32)C(C)(O)[C@@H]1OB([2H])C. The number of fused-ring (bicyclic) bond motifs is 1. The Hall–Kier alpha value is -0.390. The Morgan fingerprint density at radius 2 is 2.28 bits per heavy atom. The van der Waals surface area contributed by atoms with Crippen molar-refractivity contribution in [2.24, 2.45) is 0 Å². The molecule has 3 heterocycles. The Balaban J connectivity index is 2.01. The fraction of sp³-hybridized carbons (Fsp3) is 0.571. The van der Waals surface area contributed by atoms with Gasteiger partial charge >= 0.3 is 0 Å². The lowest BCUT2D eigenvalue weighted by atomic mass is 9.93. The van der Waals surface area contributed by atoms with Crippen molar-refractivity contribution >= 4 is 60.1 Å². The van der Waals surface area contributed by atoms with E-state index in [9.17, 15) is 5.11 Å². The molecule has 1 aliphatic heterocycles. The van der Waals surface area contributed by atoms with E-state index in [2.05, 4.69) is 32.6 Å². The normalized spacial score (nSPS) is 30.4. The molecule has 1 unspecified atom stereocenters. The molecule has 1 saturated heterocycles. The van der Waals surface area contributed by atoms with Gasteiger partial charge in [0.05, 0.1) is 12.0 Å². The Bertz CT molecular complexity index is 829. The third-order valence-electron chi connectivity index (χ3n) is 4.20. The number of halogens is 2. The average Bonchev–Trinajstić information content (AvgIpc) is 3.01. The van der Waals surface area contributed by atoms with Gasteiger partial charge in [0.1, 0.15) is 34.9 Å². The van der Waals surface area contributed by atoms with Crippen molar-refractivity contribution in [1.29, 1.82) is 2.67 Å². The summed E-state index contributed by atoms with van der Waals surface area (Å²) in [6, 6.07) is 0. The first-order valence-electron chi connectivity index (χ1n) is 8.94. The van der Waals surface area contributed by atoms with E-state index in [0.717, 1.165) is 3.57 Å². The maximum Gasteiger partial charge on any atom is 0.272 e. The zero-order chi connectivity index (χ0) is 19.9. The molecule has 7 nitrogen and oxygen atoms in total. The van der Waals surface area contributed by atoms with E-state index in [0.29, 0.717) is 16.2 Å². The minimum Gasteiger partial charge on any atom is -0.437 e. The van der Waals surface area contributed by atoms with Crippen LogP contribution in [0.2, 0.25) is 18.8 Å². The van der Waals surface area contributed by atoms with Crippen molar-refractivity contribution in [1.82, 2.24) is 14.5 Å². The molecular formula is C14H19B2ClIN3O4. The van der Waals surface area contributed by atoms with E-state index >= 15 is 0 Å². The predicted octanol–water partition coefficient (Wildman–Crippen LogP) is 1.54. The average molecular weight is 479 g/mol. The summed E-state index contributed by atoms with van der Waals surface area (Å²) in [7, 11) is -1.61. The molecule has 2 aromatic heterocycles. The molecule has 2 aromatic rings. The van der Waals surface area contributed by atoms with Gasteiger partial charge < -0.3 is 23.7 Å². The van der Waals surface area contributed by atoms with Crippen LogP contribution in [-0.2, 0) is 14.0 Å². The quantitative estimate of drug-likeness (QED) is 0.385. The summed E-state index contributed by atoms with van der Waals surface area (Å²) < 4.78 is 34.9. The predicted molar refractivity (Wildman–Crippen MR) is 107 cm³/mol. The number of nitrogens with zero attached hydrogens (tertiary/aromatic N) is 3. The smallest absolute Gasteiger partial charge is 0.272 e. The van der Waals surface area contributed by atoms with Gasteiger partial charge in [-0.2, -0.15) is 0 Å². The van der Waals surface area contributed by atoms with Crippen LogP contribution in [0.3, 0.4) is 0 Å². The molecular weight excluding hydrogens is 458 g/mol. The van der Waals surface area contributed by atoms with Crippen LogP contribution in [-0.4, -0.2) is 61.6 Å². The van der Waals surface area contributed by atoms with Crippen LogP contribution < -0.4 is 0 Å². The lowest BCUT2D eigenvalue weighted by Crippen LogP contribution is -2.46. The van der Waals surface area contributed by atoms with Crippen molar-refractivity contribution in [2.75, 3.05) is 6.61 Å². The van der Waals surface area contributed by atoms with Gasteiger partial charge in [-0.05, 0) is 29.5 Å². The minimum absolute atomic E-state index is 0.0563. The van der Waals surface area contributed by atoms with Gasteiger partial charge in [0.25, 0.3) is 14.9 Å². The molecule has 1 N–H and O–H groups in total. The third-order valence-corrected chi connectivity index (χ3v) is 5.30. The fourth-order valence-electron chi connectivity index (χ4n) is 3.11. The van der Waals surface area contributed by atoms with Gasteiger partial charge in [0.15, 0.2) is 6.23 Å². The number of ether oxygens (including phenoxy) is 1. The van der Waals surface area contributed by atoms with Crippen LogP contribution in [0.4, 0.5) is 0 Å². The van der Waals surface area contributed by atoms with Crippen molar-refractivity contribution < 1.29 is 19.2 Å². The number of hydrogen-bond donors (Lipinski definition) is 1. The number of aliphatic hydroxyl groups is 1. The zero-order valence-electron chi connectivity index (χ0n) is 16.0. The summed E-state index contributed by atoms with van der Waals surface area (Å²) in [5, 5.41) is 12.2. The van der Waals surface area contributed by atoms with Crippen molar-refractivity contribution in [3.8, 4) is 0 Å². The van der Waals surface area contributed by atoms with Crippen LogP contribution in [0.15, 0.2) is 12.5 Å². The number of rotatable bonds is 6. The van der Waals surface area contributed by atoms with E-state index in [-0.39, 0.29) is 6.61 Å². The molecule has 0 amide bonds. The van der Waals surface area contributed by atoms with Gasteiger partial charge in [-0.15, -0.1) is 0 Å². The zero-order valence-corrected chi connectivity index (χ0v) is 16.9. The van der Waals surface area contributed by atoms with E-state index in [1.165, 1.54) is 6.33 Å². The molecule has 1 aliphatic rings. The first kappa shape index (κ1) is 16.8. The first-order chi connectivity index (χ1) is 12.6. The molecule has 134 valence electrons. The van der Waals surface area contributed by atoms with E-state index < -0.39 is 38.9 Å². The van der Waals surface area contributed by atoms with E-state index in [1.54, 1.807) is 31.3 Å². The van der Waals surface area contributed by atoms with Crippen LogP contribution in [0, 0.1) is 3.57 Å². The molecule has 3 rings (SSSR count). The van der Waals surface area contributed by atoms with E-state index in [4.69, 9.17) is 28.3 Å². The van der Waals surface area contributed by atoms with Gasteiger partial charge in [-0.1, -0.05) is 25.2 Å². The monoisotopic (exact) mass is 479 g/mol. The molecule has 1 fully saturated rings. The second-order valence-corrected chi connectivity index (χ2v) is 7.38. The van der Waals surface area contributed by atoms with Crippen LogP contribution in [0.1, 0.15) is 13.2 Å². The van der Waals surface area contributed by atoms with E-state index in [1.807, 2.05) is 0 Å². The van der Waals surface area contributed by atoms with Gasteiger partial charge in [-0.3, -0.25) is 0 Å². The molecule has 0 aliphatic carbocycles. The molecule has 0 saturated carbocycles. The Morgan fingerprint density at radius 1 is 1.52 bits per heavy atom. The first-order valence-corrected chi connectivity index (χ1v) is 9.24. The van der Waals surface area contributed by atoms with Crippen LogP contribution in [0.25, 0.3) is 11.0 Å².